The molecule has 196 valence electrons. The van der Waals surface area contributed by atoms with Crippen molar-refractivity contribution in [2.45, 2.75) is 13.8 Å². The predicted octanol–water partition coefficient (Wildman–Crippen LogP) is 5.62. The summed E-state index contributed by atoms with van der Waals surface area (Å²) in [5, 5.41) is 12.6. The molecular weight excluding hydrogens is 529 g/mol. The van der Waals surface area contributed by atoms with Crippen LogP contribution in [0.25, 0.3) is 20.4 Å². The van der Waals surface area contributed by atoms with Crippen molar-refractivity contribution in [1.29, 1.82) is 0 Å². The van der Waals surface area contributed by atoms with Crippen molar-refractivity contribution >= 4 is 67.2 Å². The van der Waals surface area contributed by atoms with Crippen molar-refractivity contribution in [3.63, 3.8) is 0 Å². The highest BCUT2D eigenvalue weighted by Gasteiger charge is 2.08. The number of likely N-dealkylation sites (N-methyl/N-ethyl adjacent to an activating group) is 1. The van der Waals surface area contributed by atoms with Gasteiger partial charge in [0.2, 0.25) is 0 Å². The predicted molar refractivity (Wildman–Crippen MR) is 162 cm³/mol. The molecule has 0 amide bonds. The zero-order valence-electron chi connectivity index (χ0n) is 21.6. The van der Waals surface area contributed by atoms with Crippen LogP contribution in [0.1, 0.15) is 16.7 Å². The summed E-state index contributed by atoms with van der Waals surface area (Å²) in [6.07, 6.45) is 16.3. The van der Waals surface area contributed by atoms with Crippen molar-refractivity contribution in [3.05, 3.63) is 88.6 Å². The number of pyridine rings is 1. The lowest BCUT2D eigenvalue weighted by Crippen LogP contribution is -2.14. The number of thiophene rings is 2. The van der Waals surface area contributed by atoms with Crippen molar-refractivity contribution in [2.75, 3.05) is 24.4 Å². The van der Waals surface area contributed by atoms with E-state index in [2.05, 4.69) is 80.0 Å². The number of aryl methyl sites for hydroxylation is 2. The molecule has 0 atom stereocenters. The van der Waals surface area contributed by atoms with Crippen LogP contribution < -0.4 is 10.9 Å². The molecule has 0 unspecified atom stereocenters. The van der Waals surface area contributed by atoms with E-state index in [-0.39, 0.29) is 0 Å². The Morgan fingerprint density at radius 3 is 2.13 bits per heavy atom. The van der Waals surface area contributed by atoms with Gasteiger partial charge in [-0.2, -0.15) is 10.2 Å². The smallest absolute Gasteiger partial charge is 0.167 e. The van der Waals surface area contributed by atoms with Gasteiger partial charge < -0.3 is 4.90 Å². The van der Waals surface area contributed by atoms with Gasteiger partial charge in [0.1, 0.15) is 12.7 Å². The fourth-order valence-electron chi connectivity index (χ4n) is 3.67. The lowest BCUT2D eigenvalue weighted by molar-refractivity contribution is 0.503. The number of hydrogen-bond donors (Lipinski definition) is 2. The summed E-state index contributed by atoms with van der Waals surface area (Å²) in [5.74, 6) is 1.47. The van der Waals surface area contributed by atoms with Gasteiger partial charge in [-0.1, -0.05) is 18.2 Å². The van der Waals surface area contributed by atoms with Gasteiger partial charge in [-0.15, -0.1) is 22.7 Å². The summed E-state index contributed by atoms with van der Waals surface area (Å²) in [7, 11) is 2.03. The highest BCUT2D eigenvalue weighted by Crippen LogP contribution is 2.29. The average Bonchev–Trinajstić information content (AvgIpc) is 3.53. The molecule has 10 nitrogen and oxygen atoms in total. The Hall–Kier alpha value is -4.55. The molecule has 6 rings (SSSR count). The van der Waals surface area contributed by atoms with Gasteiger partial charge in [0.05, 0.1) is 32.9 Å². The van der Waals surface area contributed by atoms with Gasteiger partial charge >= 0.3 is 0 Å². The Balaban J connectivity index is 0.000000158. The molecule has 1 aliphatic rings. The molecule has 0 bridgehead atoms. The van der Waals surface area contributed by atoms with E-state index in [9.17, 15) is 0 Å². The van der Waals surface area contributed by atoms with E-state index in [1.807, 2.05) is 33.0 Å². The summed E-state index contributed by atoms with van der Waals surface area (Å²) in [6.45, 7) is 5.02. The monoisotopic (exact) mass is 554 g/mol. The highest BCUT2D eigenvalue weighted by atomic mass is 32.1. The molecule has 1 aliphatic heterocycles. The molecule has 5 aromatic rings. The number of aromatic nitrogens is 5. The number of anilines is 2. The maximum absolute atomic E-state index is 4.29. The van der Waals surface area contributed by atoms with Crippen LogP contribution >= 0.6 is 22.7 Å². The molecular formula is C27H26N10S2. The van der Waals surface area contributed by atoms with Crippen LogP contribution in [0.15, 0.2) is 82.1 Å². The second-order valence-electron chi connectivity index (χ2n) is 8.63. The summed E-state index contributed by atoms with van der Waals surface area (Å²) in [4.78, 5) is 23.1. The minimum atomic E-state index is 0.725. The van der Waals surface area contributed by atoms with Gasteiger partial charge in [-0.25, -0.2) is 19.9 Å². The summed E-state index contributed by atoms with van der Waals surface area (Å²) >= 11 is 3.24. The third-order valence-electron chi connectivity index (χ3n) is 5.59. The van der Waals surface area contributed by atoms with E-state index in [1.165, 1.54) is 5.56 Å². The van der Waals surface area contributed by atoms with Crippen molar-refractivity contribution < 1.29 is 0 Å². The minimum Gasteiger partial charge on any atom is -0.376 e. The number of allylic oxidation sites excluding steroid dienone is 2. The number of hydrazone groups is 2. The first-order valence-electron chi connectivity index (χ1n) is 12.0. The van der Waals surface area contributed by atoms with Gasteiger partial charge in [-0.05, 0) is 41.8 Å². The standard InChI is InChI=1S/C14H15N5S.C13H11N5S/c1-10-8-20-13-12(10)15-9-16-14(13)18-17-6-11-4-3-5-19(2)7-11;1-9-7-19-12-11(9)15-8-16-13(12)18-17-6-10-3-2-4-14-5-10/h3-4,6-9H,5H2,1-2H3,(H,15,16,18);2-8H,1H3,(H,15,16,18). The molecule has 0 saturated carbocycles. The van der Waals surface area contributed by atoms with Gasteiger partial charge in [-0.3, -0.25) is 15.8 Å². The number of fused-ring (bicyclic) bond motifs is 2. The van der Waals surface area contributed by atoms with Crippen LogP contribution in [-0.2, 0) is 0 Å². The molecule has 2 N–H and O–H groups in total. The molecule has 6 heterocycles. The largest absolute Gasteiger partial charge is 0.376 e. The van der Waals surface area contributed by atoms with Crippen LogP contribution in [0.2, 0.25) is 0 Å². The maximum atomic E-state index is 4.29. The summed E-state index contributed by atoms with van der Waals surface area (Å²) in [6, 6.07) is 3.80. The molecule has 0 aliphatic carbocycles. The zero-order valence-corrected chi connectivity index (χ0v) is 23.2. The topological polar surface area (TPSA) is 116 Å². The van der Waals surface area contributed by atoms with E-state index in [4.69, 9.17) is 0 Å². The molecule has 0 saturated heterocycles. The quantitative estimate of drug-likeness (QED) is 0.205. The van der Waals surface area contributed by atoms with Crippen molar-refractivity contribution in [3.8, 4) is 0 Å². The molecule has 0 spiro atoms. The molecule has 0 aromatic carbocycles. The van der Waals surface area contributed by atoms with E-state index in [0.717, 1.165) is 55.3 Å². The SMILES string of the molecule is Cc1csc2c(NN=CC3=CN(C)CC=C3)ncnc12.Cc1csc2c(NN=Cc3cccnc3)ncnc12. The summed E-state index contributed by atoms with van der Waals surface area (Å²) in [5.41, 5.74) is 12.2. The van der Waals surface area contributed by atoms with Crippen LogP contribution in [0.4, 0.5) is 11.6 Å². The van der Waals surface area contributed by atoms with Crippen LogP contribution in [0, 0.1) is 13.8 Å². The Kier molecular flexibility index (Phi) is 8.24. The summed E-state index contributed by atoms with van der Waals surface area (Å²) < 4.78 is 2.05. The van der Waals surface area contributed by atoms with Gasteiger partial charge in [0, 0.05) is 43.3 Å². The van der Waals surface area contributed by atoms with E-state index >= 15 is 0 Å². The van der Waals surface area contributed by atoms with Crippen LogP contribution in [-0.4, -0.2) is 55.8 Å². The van der Waals surface area contributed by atoms with Gasteiger partial charge in [0.15, 0.2) is 11.6 Å². The van der Waals surface area contributed by atoms with E-state index < -0.39 is 0 Å². The average molecular weight is 555 g/mol. The van der Waals surface area contributed by atoms with Crippen molar-refractivity contribution in [2.24, 2.45) is 10.2 Å². The molecule has 0 radical (unpaired) electrons. The Bertz CT molecular complexity index is 1690. The fourth-order valence-corrected chi connectivity index (χ4v) is 5.55. The number of rotatable bonds is 6. The van der Waals surface area contributed by atoms with E-state index in [0.29, 0.717) is 0 Å². The first kappa shape index (κ1) is 26.1. The minimum absolute atomic E-state index is 0.725. The van der Waals surface area contributed by atoms with Crippen molar-refractivity contribution in [1.82, 2.24) is 29.8 Å². The Labute approximate surface area is 233 Å². The molecule has 5 aromatic heterocycles. The second kappa shape index (κ2) is 12.3. The maximum Gasteiger partial charge on any atom is 0.167 e. The molecule has 12 heteroatoms. The Morgan fingerprint density at radius 2 is 1.54 bits per heavy atom. The second-order valence-corrected chi connectivity index (χ2v) is 10.4. The lowest BCUT2D eigenvalue weighted by atomic mass is 10.2. The first-order chi connectivity index (χ1) is 19.1. The fraction of sp³-hybridized carbons (Fsp3) is 0.148. The third-order valence-corrected chi connectivity index (χ3v) is 7.78. The van der Waals surface area contributed by atoms with Crippen LogP contribution in [0.5, 0.6) is 0 Å². The highest BCUT2D eigenvalue weighted by molar-refractivity contribution is 7.18. The Morgan fingerprint density at radius 1 is 0.897 bits per heavy atom. The zero-order chi connectivity index (χ0) is 27.0. The number of nitrogens with one attached hydrogen (secondary N) is 2. The first-order valence-corrected chi connectivity index (χ1v) is 13.8. The number of nitrogens with zero attached hydrogens (tertiary/aromatic N) is 8. The van der Waals surface area contributed by atoms with Crippen LogP contribution in [0.3, 0.4) is 0 Å². The lowest BCUT2D eigenvalue weighted by Gasteiger charge is -2.15. The van der Waals surface area contributed by atoms with E-state index in [1.54, 1.807) is 60.2 Å². The molecule has 0 fully saturated rings. The molecule has 39 heavy (non-hydrogen) atoms. The number of hydrogen-bond acceptors (Lipinski definition) is 12. The third kappa shape index (κ3) is 6.48. The van der Waals surface area contributed by atoms with Gasteiger partial charge in [0.25, 0.3) is 0 Å². The normalized spacial score (nSPS) is 13.2.